The molecule has 0 saturated heterocycles. The molecule has 0 aromatic carbocycles. The van der Waals surface area contributed by atoms with Crippen LogP contribution in [0.25, 0.3) is 0 Å². The highest BCUT2D eigenvalue weighted by atomic mass is 19.4. The Morgan fingerprint density at radius 1 is 1.15 bits per heavy atom. The second-order valence-electron chi connectivity index (χ2n) is 3.88. The average Bonchev–Trinajstić information content (AvgIpc) is 2.71. The summed E-state index contributed by atoms with van der Waals surface area (Å²) in [6.45, 7) is 7.68. The highest BCUT2D eigenvalue weighted by Crippen LogP contribution is 2.61. The van der Waals surface area contributed by atoms with Crippen molar-refractivity contribution in [3.63, 3.8) is 0 Å². The van der Waals surface area contributed by atoms with Gasteiger partial charge < -0.3 is 0 Å². The molecule has 1 fully saturated rings. The molecule has 0 spiro atoms. The molecular formula is C10H19F3. The molecule has 1 rings (SSSR count). The molecule has 0 atom stereocenters. The average molecular weight is 196 g/mol. The van der Waals surface area contributed by atoms with Crippen LogP contribution in [0.5, 0.6) is 0 Å². The topological polar surface area (TPSA) is 0 Å². The van der Waals surface area contributed by atoms with Crippen molar-refractivity contribution in [1.29, 1.82) is 0 Å². The van der Waals surface area contributed by atoms with Crippen molar-refractivity contribution in [1.82, 2.24) is 0 Å². The van der Waals surface area contributed by atoms with Gasteiger partial charge in [0, 0.05) is 0 Å². The lowest BCUT2D eigenvalue weighted by Crippen LogP contribution is -2.25. The van der Waals surface area contributed by atoms with Gasteiger partial charge in [-0.2, -0.15) is 13.2 Å². The first-order valence-corrected chi connectivity index (χ1v) is 4.94. The van der Waals surface area contributed by atoms with Crippen molar-refractivity contribution in [3.05, 3.63) is 0 Å². The van der Waals surface area contributed by atoms with Crippen LogP contribution in [0.15, 0.2) is 0 Å². The fraction of sp³-hybridized carbons (Fsp3) is 1.00. The minimum Gasteiger partial charge on any atom is -0.171 e. The third-order valence-corrected chi connectivity index (χ3v) is 2.25. The molecule has 1 aliphatic carbocycles. The molecular weight excluding hydrogens is 177 g/mol. The maximum Gasteiger partial charge on any atom is 0.394 e. The number of hydrogen-bond acceptors (Lipinski definition) is 0. The van der Waals surface area contributed by atoms with Gasteiger partial charge in [0.2, 0.25) is 0 Å². The summed E-state index contributed by atoms with van der Waals surface area (Å²) >= 11 is 0. The number of alkyl halides is 3. The summed E-state index contributed by atoms with van der Waals surface area (Å²) in [5.74, 6) is 0.152. The fourth-order valence-corrected chi connectivity index (χ4v) is 1.54. The standard InChI is InChI=1S/C8H13F3.C2H6/c1-6(2)5-7(3-4-7)8(9,10)11;1-2/h6H,3-5H2,1-2H3;1-2H3. The van der Waals surface area contributed by atoms with E-state index in [0.717, 1.165) is 0 Å². The van der Waals surface area contributed by atoms with Gasteiger partial charge in [0.1, 0.15) is 0 Å². The molecule has 0 aromatic rings. The van der Waals surface area contributed by atoms with Gasteiger partial charge in [-0.1, -0.05) is 27.7 Å². The van der Waals surface area contributed by atoms with Gasteiger partial charge in [-0.25, -0.2) is 0 Å². The molecule has 3 heteroatoms. The van der Waals surface area contributed by atoms with E-state index in [9.17, 15) is 13.2 Å². The maximum atomic E-state index is 12.3. The quantitative estimate of drug-likeness (QED) is 0.614. The Bertz CT molecular complexity index is 143. The molecule has 0 unspecified atom stereocenters. The van der Waals surface area contributed by atoms with E-state index >= 15 is 0 Å². The highest BCUT2D eigenvalue weighted by Gasteiger charge is 2.62. The molecule has 0 radical (unpaired) electrons. The van der Waals surface area contributed by atoms with Crippen LogP contribution < -0.4 is 0 Å². The van der Waals surface area contributed by atoms with Crippen molar-refractivity contribution in [2.75, 3.05) is 0 Å². The Hall–Kier alpha value is -0.210. The van der Waals surface area contributed by atoms with Crippen LogP contribution in [0.4, 0.5) is 13.2 Å². The van der Waals surface area contributed by atoms with E-state index in [1.807, 2.05) is 27.7 Å². The van der Waals surface area contributed by atoms with Crippen LogP contribution in [-0.2, 0) is 0 Å². The summed E-state index contributed by atoms with van der Waals surface area (Å²) in [5, 5.41) is 0. The molecule has 0 bridgehead atoms. The van der Waals surface area contributed by atoms with E-state index in [0.29, 0.717) is 19.3 Å². The van der Waals surface area contributed by atoms with Gasteiger partial charge in [0.25, 0.3) is 0 Å². The number of halogens is 3. The molecule has 1 aliphatic rings. The largest absolute Gasteiger partial charge is 0.394 e. The summed E-state index contributed by atoms with van der Waals surface area (Å²) in [4.78, 5) is 0. The number of rotatable bonds is 2. The monoisotopic (exact) mass is 196 g/mol. The first-order chi connectivity index (χ1) is 5.87. The van der Waals surface area contributed by atoms with Gasteiger partial charge in [-0.05, 0) is 25.2 Å². The van der Waals surface area contributed by atoms with E-state index in [2.05, 4.69) is 0 Å². The van der Waals surface area contributed by atoms with Crippen molar-refractivity contribution in [2.24, 2.45) is 11.3 Å². The molecule has 0 nitrogen and oxygen atoms in total. The minimum absolute atomic E-state index is 0.152. The summed E-state index contributed by atoms with van der Waals surface area (Å²) in [7, 11) is 0. The summed E-state index contributed by atoms with van der Waals surface area (Å²) in [5.41, 5.74) is -1.29. The molecule has 0 heterocycles. The second kappa shape index (κ2) is 4.34. The lowest BCUT2D eigenvalue weighted by atomic mass is 9.94. The zero-order valence-electron chi connectivity index (χ0n) is 8.83. The Labute approximate surface area is 78.5 Å². The van der Waals surface area contributed by atoms with Crippen molar-refractivity contribution < 1.29 is 13.2 Å². The van der Waals surface area contributed by atoms with Crippen molar-refractivity contribution in [3.8, 4) is 0 Å². The van der Waals surface area contributed by atoms with Gasteiger partial charge in [0.15, 0.2) is 0 Å². The summed E-state index contributed by atoms with van der Waals surface area (Å²) < 4.78 is 36.8. The maximum absolute atomic E-state index is 12.3. The van der Waals surface area contributed by atoms with Crippen LogP contribution >= 0.6 is 0 Å². The summed E-state index contributed by atoms with van der Waals surface area (Å²) in [6, 6.07) is 0. The molecule has 0 aromatic heterocycles. The third-order valence-electron chi connectivity index (χ3n) is 2.25. The van der Waals surface area contributed by atoms with E-state index < -0.39 is 11.6 Å². The highest BCUT2D eigenvalue weighted by molar-refractivity contribution is 4.99. The van der Waals surface area contributed by atoms with Crippen molar-refractivity contribution in [2.45, 2.75) is 53.1 Å². The predicted octanol–water partition coefficient (Wildman–Crippen LogP) is 4.40. The van der Waals surface area contributed by atoms with E-state index in [4.69, 9.17) is 0 Å². The van der Waals surface area contributed by atoms with Gasteiger partial charge in [-0.15, -0.1) is 0 Å². The van der Waals surface area contributed by atoms with Crippen LogP contribution in [-0.4, -0.2) is 6.18 Å². The van der Waals surface area contributed by atoms with E-state index in [1.165, 1.54) is 0 Å². The Kier molecular flexibility index (Phi) is 4.27. The molecule has 0 amide bonds. The van der Waals surface area contributed by atoms with Gasteiger partial charge in [0.05, 0.1) is 5.41 Å². The van der Waals surface area contributed by atoms with Crippen LogP contribution in [0.1, 0.15) is 47.0 Å². The zero-order valence-corrected chi connectivity index (χ0v) is 8.83. The van der Waals surface area contributed by atoms with Gasteiger partial charge >= 0.3 is 6.18 Å². The fourth-order valence-electron chi connectivity index (χ4n) is 1.54. The van der Waals surface area contributed by atoms with Crippen LogP contribution in [0, 0.1) is 11.3 Å². The molecule has 80 valence electrons. The first-order valence-electron chi connectivity index (χ1n) is 4.94. The SMILES string of the molecule is CC.CC(C)CC1(C(F)(F)F)CC1. The van der Waals surface area contributed by atoms with Crippen molar-refractivity contribution >= 4 is 0 Å². The Morgan fingerprint density at radius 2 is 1.54 bits per heavy atom. The van der Waals surface area contributed by atoms with Crippen LogP contribution in [0.3, 0.4) is 0 Å². The first kappa shape index (κ1) is 12.8. The molecule has 1 saturated carbocycles. The van der Waals surface area contributed by atoms with E-state index in [-0.39, 0.29) is 5.92 Å². The lowest BCUT2D eigenvalue weighted by molar-refractivity contribution is -0.191. The molecule has 0 aliphatic heterocycles. The predicted molar refractivity (Wildman–Crippen MR) is 48.5 cm³/mol. The molecule has 13 heavy (non-hydrogen) atoms. The normalized spacial score (nSPS) is 19.4. The Morgan fingerprint density at radius 3 is 1.62 bits per heavy atom. The zero-order chi connectivity index (χ0) is 10.7. The van der Waals surface area contributed by atoms with Crippen LogP contribution in [0.2, 0.25) is 0 Å². The Balaban J connectivity index is 0.000000671. The number of hydrogen-bond donors (Lipinski definition) is 0. The van der Waals surface area contributed by atoms with E-state index in [1.54, 1.807) is 0 Å². The lowest BCUT2D eigenvalue weighted by Gasteiger charge is -2.20. The second-order valence-corrected chi connectivity index (χ2v) is 3.88. The molecule has 0 N–H and O–H groups in total. The smallest absolute Gasteiger partial charge is 0.171 e. The van der Waals surface area contributed by atoms with Gasteiger partial charge in [-0.3, -0.25) is 0 Å². The summed E-state index contributed by atoms with van der Waals surface area (Å²) in [6.07, 6.45) is -2.98. The minimum atomic E-state index is -3.96. The third kappa shape index (κ3) is 3.20.